The SMILES string of the molecule is CC(CNC(=O)N1CCCCC1C(=O)O)S(C)=O. The Kier molecular flexibility index (Phi) is 5.58. The van der Waals surface area contributed by atoms with Crippen LogP contribution < -0.4 is 5.32 Å². The Labute approximate surface area is 109 Å². The minimum atomic E-state index is -0.999. The number of nitrogens with one attached hydrogen (secondary N) is 1. The predicted molar refractivity (Wildman–Crippen MR) is 68.9 cm³/mol. The molecule has 2 amide bonds. The molecule has 18 heavy (non-hydrogen) atoms. The third-order valence-electron chi connectivity index (χ3n) is 3.16. The molecular formula is C11H20N2O4S. The van der Waals surface area contributed by atoms with Crippen molar-refractivity contribution in [2.75, 3.05) is 19.3 Å². The van der Waals surface area contributed by atoms with Crippen LogP contribution in [0.15, 0.2) is 0 Å². The summed E-state index contributed by atoms with van der Waals surface area (Å²) in [7, 11) is -0.999. The van der Waals surface area contributed by atoms with E-state index in [0.29, 0.717) is 19.5 Å². The molecule has 1 aliphatic heterocycles. The van der Waals surface area contributed by atoms with Gasteiger partial charge in [-0.25, -0.2) is 9.59 Å². The second-order valence-corrected chi connectivity index (χ2v) is 6.34. The number of carbonyl (C=O) groups excluding carboxylic acids is 1. The highest BCUT2D eigenvalue weighted by Gasteiger charge is 2.31. The summed E-state index contributed by atoms with van der Waals surface area (Å²) in [4.78, 5) is 24.3. The maximum atomic E-state index is 11.9. The highest BCUT2D eigenvalue weighted by molar-refractivity contribution is 7.84. The topological polar surface area (TPSA) is 86.7 Å². The maximum Gasteiger partial charge on any atom is 0.326 e. The summed E-state index contributed by atoms with van der Waals surface area (Å²) in [6, 6.07) is -1.11. The third kappa shape index (κ3) is 3.97. The Bertz CT molecular complexity index is 348. The second-order valence-electron chi connectivity index (χ2n) is 4.54. The van der Waals surface area contributed by atoms with Gasteiger partial charge in [-0.2, -0.15) is 0 Å². The zero-order chi connectivity index (χ0) is 13.7. The fourth-order valence-electron chi connectivity index (χ4n) is 1.88. The van der Waals surface area contributed by atoms with Crippen LogP contribution in [0, 0.1) is 0 Å². The van der Waals surface area contributed by atoms with Crippen LogP contribution in [0.3, 0.4) is 0 Å². The lowest BCUT2D eigenvalue weighted by Gasteiger charge is -2.33. The molecule has 6 nitrogen and oxygen atoms in total. The summed E-state index contributed by atoms with van der Waals surface area (Å²) < 4.78 is 11.2. The summed E-state index contributed by atoms with van der Waals surface area (Å²) in [6.07, 6.45) is 3.73. The molecule has 0 aliphatic carbocycles. The molecule has 0 aromatic carbocycles. The molecule has 1 saturated heterocycles. The molecule has 0 saturated carbocycles. The molecule has 0 radical (unpaired) electrons. The molecule has 0 aromatic heterocycles. The Balaban J connectivity index is 2.53. The third-order valence-corrected chi connectivity index (χ3v) is 4.46. The molecule has 0 bridgehead atoms. The molecule has 3 unspecified atom stereocenters. The molecule has 7 heteroatoms. The standard InChI is InChI=1S/C11H20N2O4S/c1-8(18(2)17)7-12-11(16)13-6-4-3-5-9(13)10(14)15/h8-9H,3-7H2,1-2H3,(H,12,16)(H,14,15). The average Bonchev–Trinajstić information content (AvgIpc) is 2.35. The van der Waals surface area contributed by atoms with Crippen LogP contribution in [0.2, 0.25) is 0 Å². The molecule has 1 heterocycles. The normalized spacial score (nSPS) is 23.2. The van der Waals surface area contributed by atoms with Crippen LogP contribution in [-0.2, 0) is 15.6 Å². The van der Waals surface area contributed by atoms with Crippen LogP contribution in [-0.4, -0.2) is 56.9 Å². The van der Waals surface area contributed by atoms with Crippen LogP contribution >= 0.6 is 0 Å². The van der Waals surface area contributed by atoms with E-state index in [1.807, 2.05) is 0 Å². The number of likely N-dealkylation sites (tertiary alicyclic amines) is 1. The number of nitrogens with zero attached hydrogens (tertiary/aromatic N) is 1. The number of amides is 2. The van der Waals surface area contributed by atoms with E-state index in [2.05, 4.69) is 5.32 Å². The number of carboxylic acids is 1. The largest absolute Gasteiger partial charge is 0.480 e. The number of urea groups is 1. The highest BCUT2D eigenvalue weighted by atomic mass is 32.2. The van der Waals surface area contributed by atoms with E-state index in [9.17, 15) is 13.8 Å². The summed E-state index contributed by atoms with van der Waals surface area (Å²) in [5, 5.41) is 11.6. The molecule has 0 aromatic rings. The van der Waals surface area contributed by atoms with Crippen molar-refractivity contribution >= 4 is 22.8 Å². The van der Waals surface area contributed by atoms with E-state index in [-0.39, 0.29) is 11.3 Å². The Morgan fingerprint density at radius 2 is 2.17 bits per heavy atom. The van der Waals surface area contributed by atoms with Gasteiger partial charge in [0.15, 0.2) is 0 Å². The van der Waals surface area contributed by atoms with Gasteiger partial charge in [0.1, 0.15) is 6.04 Å². The number of rotatable bonds is 4. The Morgan fingerprint density at radius 1 is 1.50 bits per heavy atom. The van der Waals surface area contributed by atoms with Crippen LogP contribution in [0.5, 0.6) is 0 Å². The molecule has 104 valence electrons. The van der Waals surface area contributed by atoms with Gasteiger partial charge in [0.2, 0.25) is 0 Å². The summed E-state index contributed by atoms with van der Waals surface area (Å²) in [6.45, 7) is 2.54. The number of aliphatic carboxylic acids is 1. The van der Waals surface area contributed by atoms with E-state index < -0.39 is 22.8 Å². The molecule has 3 atom stereocenters. The van der Waals surface area contributed by atoms with Crippen molar-refractivity contribution in [2.24, 2.45) is 0 Å². The van der Waals surface area contributed by atoms with Crippen molar-refractivity contribution in [3.63, 3.8) is 0 Å². The molecule has 1 rings (SSSR count). The van der Waals surface area contributed by atoms with Gasteiger partial charge < -0.3 is 15.3 Å². The predicted octanol–water partition coefficient (Wildman–Crippen LogP) is 0.402. The van der Waals surface area contributed by atoms with Crippen LogP contribution in [0.4, 0.5) is 4.79 Å². The Morgan fingerprint density at radius 3 is 2.72 bits per heavy atom. The molecular weight excluding hydrogens is 256 g/mol. The summed E-state index contributed by atoms with van der Waals surface area (Å²) >= 11 is 0. The van der Waals surface area contributed by atoms with Gasteiger partial charge in [-0.05, 0) is 26.2 Å². The summed E-state index contributed by atoms with van der Waals surface area (Å²) in [5.74, 6) is -0.961. The van der Waals surface area contributed by atoms with E-state index in [1.165, 1.54) is 4.90 Å². The number of hydrogen-bond donors (Lipinski definition) is 2. The van der Waals surface area contributed by atoms with Gasteiger partial charge in [0.05, 0.1) is 0 Å². The maximum absolute atomic E-state index is 11.9. The first-order valence-electron chi connectivity index (χ1n) is 6.03. The van der Waals surface area contributed by atoms with Gasteiger partial charge in [0, 0.05) is 35.4 Å². The van der Waals surface area contributed by atoms with Gasteiger partial charge >= 0.3 is 12.0 Å². The van der Waals surface area contributed by atoms with Gasteiger partial charge in [-0.15, -0.1) is 0 Å². The first-order chi connectivity index (χ1) is 8.43. The molecule has 2 N–H and O–H groups in total. The first kappa shape index (κ1) is 14.9. The van der Waals surface area contributed by atoms with Crippen molar-refractivity contribution in [1.29, 1.82) is 0 Å². The minimum Gasteiger partial charge on any atom is -0.480 e. The lowest BCUT2D eigenvalue weighted by molar-refractivity contribution is -0.143. The van der Waals surface area contributed by atoms with E-state index in [1.54, 1.807) is 13.2 Å². The monoisotopic (exact) mass is 276 g/mol. The fourth-order valence-corrected chi connectivity index (χ4v) is 2.20. The average molecular weight is 276 g/mol. The van der Waals surface area contributed by atoms with Gasteiger partial charge in [-0.1, -0.05) is 0 Å². The van der Waals surface area contributed by atoms with Crippen molar-refractivity contribution in [3.05, 3.63) is 0 Å². The molecule has 1 aliphatic rings. The fraction of sp³-hybridized carbons (Fsp3) is 0.818. The van der Waals surface area contributed by atoms with E-state index in [0.717, 1.165) is 12.8 Å². The second kappa shape index (κ2) is 6.72. The zero-order valence-corrected chi connectivity index (χ0v) is 11.5. The Hall–Kier alpha value is -1.11. The number of carboxylic acid groups (broad SMARTS) is 1. The number of piperidine rings is 1. The zero-order valence-electron chi connectivity index (χ0n) is 10.7. The van der Waals surface area contributed by atoms with Gasteiger partial charge in [0.25, 0.3) is 0 Å². The van der Waals surface area contributed by atoms with Gasteiger partial charge in [-0.3, -0.25) is 4.21 Å². The van der Waals surface area contributed by atoms with Crippen molar-refractivity contribution < 1.29 is 18.9 Å². The number of carbonyl (C=O) groups is 2. The molecule has 1 fully saturated rings. The highest BCUT2D eigenvalue weighted by Crippen LogP contribution is 2.17. The van der Waals surface area contributed by atoms with Crippen LogP contribution in [0.25, 0.3) is 0 Å². The lowest BCUT2D eigenvalue weighted by atomic mass is 10.0. The van der Waals surface area contributed by atoms with Crippen molar-refractivity contribution in [2.45, 2.75) is 37.5 Å². The van der Waals surface area contributed by atoms with E-state index in [4.69, 9.17) is 5.11 Å². The first-order valence-corrected chi connectivity index (χ1v) is 7.65. The smallest absolute Gasteiger partial charge is 0.326 e. The summed E-state index contributed by atoms with van der Waals surface area (Å²) in [5.41, 5.74) is 0. The lowest BCUT2D eigenvalue weighted by Crippen LogP contribution is -2.52. The molecule has 0 spiro atoms. The van der Waals surface area contributed by atoms with Crippen LogP contribution in [0.1, 0.15) is 26.2 Å². The quantitative estimate of drug-likeness (QED) is 0.778. The van der Waals surface area contributed by atoms with Crippen molar-refractivity contribution in [1.82, 2.24) is 10.2 Å². The van der Waals surface area contributed by atoms with E-state index >= 15 is 0 Å². The number of hydrogen-bond acceptors (Lipinski definition) is 3. The van der Waals surface area contributed by atoms with Crippen molar-refractivity contribution in [3.8, 4) is 0 Å². The minimum absolute atomic E-state index is 0.137.